The minimum Gasteiger partial charge on any atom is -0.477 e. The minimum absolute atomic E-state index is 0.0779. The van der Waals surface area contributed by atoms with Crippen LogP contribution < -0.4 is 0 Å². The number of aliphatic hydroxyl groups excluding tert-OH is 1. The fraction of sp³-hybridized carbons (Fsp3) is 0.737. The van der Waals surface area contributed by atoms with Crippen LogP contribution in [0.3, 0.4) is 0 Å². The van der Waals surface area contributed by atoms with Crippen LogP contribution in [0.5, 0.6) is 0 Å². The summed E-state index contributed by atoms with van der Waals surface area (Å²) in [5.41, 5.74) is 0. The van der Waals surface area contributed by atoms with Crippen LogP contribution in [0.25, 0.3) is 0 Å². The van der Waals surface area contributed by atoms with E-state index in [0.29, 0.717) is 23.1 Å². The third kappa shape index (κ3) is 5.47. The number of alkyl halides is 1. The molecule has 0 bridgehead atoms. The predicted molar refractivity (Wildman–Crippen MR) is 100 cm³/mol. The highest BCUT2D eigenvalue weighted by Crippen LogP contribution is 2.42. The summed E-state index contributed by atoms with van der Waals surface area (Å²) in [6.07, 6.45) is 9.39. The minimum atomic E-state index is -0.849. The Labute approximate surface area is 154 Å². The van der Waals surface area contributed by atoms with Crippen LogP contribution in [-0.4, -0.2) is 27.7 Å². The summed E-state index contributed by atoms with van der Waals surface area (Å²) in [6.45, 7) is 2.21. The van der Waals surface area contributed by atoms with Gasteiger partial charge in [0.15, 0.2) is 0 Å². The van der Waals surface area contributed by atoms with Crippen LogP contribution in [0.2, 0.25) is 0 Å². The second-order valence-corrected chi connectivity index (χ2v) is 8.69. The molecule has 1 aliphatic rings. The van der Waals surface area contributed by atoms with Gasteiger partial charge in [-0.25, -0.2) is 4.79 Å². The number of carbonyl (C=O) groups is 1. The molecule has 0 amide bonds. The average molecular weight is 373 g/mol. The van der Waals surface area contributed by atoms with Crippen molar-refractivity contribution in [1.29, 1.82) is 0 Å². The van der Waals surface area contributed by atoms with Crippen LogP contribution in [-0.2, 0) is 6.42 Å². The van der Waals surface area contributed by atoms with E-state index in [4.69, 9.17) is 16.7 Å². The molecular formula is C19H29ClO3S. The molecular weight excluding hydrogens is 344 g/mol. The number of carboxylic acid groups (broad SMARTS) is 1. The van der Waals surface area contributed by atoms with Gasteiger partial charge in [-0.15, -0.1) is 22.9 Å². The highest BCUT2D eigenvalue weighted by Gasteiger charge is 2.40. The predicted octanol–water partition coefficient (Wildman–Crippen LogP) is 5.34. The number of aliphatic hydroxyl groups is 1. The molecule has 5 heteroatoms. The van der Waals surface area contributed by atoms with Gasteiger partial charge in [-0.2, -0.15) is 0 Å². The van der Waals surface area contributed by atoms with Crippen molar-refractivity contribution in [2.75, 3.05) is 0 Å². The number of aryl methyl sites for hydroxylation is 1. The third-order valence-electron chi connectivity index (χ3n) is 5.20. The molecule has 1 aliphatic carbocycles. The first-order valence-corrected chi connectivity index (χ1v) is 10.4. The van der Waals surface area contributed by atoms with E-state index in [0.717, 1.165) is 30.6 Å². The van der Waals surface area contributed by atoms with Crippen molar-refractivity contribution in [1.82, 2.24) is 0 Å². The van der Waals surface area contributed by atoms with Crippen molar-refractivity contribution in [3.63, 3.8) is 0 Å². The number of carboxylic acids is 1. The van der Waals surface area contributed by atoms with Crippen molar-refractivity contribution in [2.24, 2.45) is 11.8 Å². The molecule has 2 rings (SSSR count). The molecule has 0 aromatic carbocycles. The van der Waals surface area contributed by atoms with E-state index in [1.807, 2.05) is 6.07 Å². The summed E-state index contributed by atoms with van der Waals surface area (Å²) in [4.78, 5) is 12.5. The van der Waals surface area contributed by atoms with Crippen LogP contribution in [0, 0.1) is 11.8 Å². The summed E-state index contributed by atoms with van der Waals surface area (Å²) in [5, 5.41) is 19.4. The monoisotopic (exact) mass is 372 g/mol. The van der Waals surface area contributed by atoms with Crippen molar-refractivity contribution >= 4 is 28.9 Å². The maximum atomic E-state index is 10.9. The Balaban J connectivity index is 1.80. The zero-order valence-electron chi connectivity index (χ0n) is 14.4. The van der Waals surface area contributed by atoms with E-state index in [-0.39, 0.29) is 11.5 Å². The Morgan fingerprint density at radius 3 is 2.62 bits per heavy atom. The van der Waals surface area contributed by atoms with E-state index < -0.39 is 5.97 Å². The summed E-state index contributed by atoms with van der Waals surface area (Å²) in [6, 6.07) is 3.60. The summed E-state index contributed by atoms with van der Waals surface area (Å²) < 4.78 is 0. The molecule has 1 aromatic heterocycles. The SMILES string of the molecule is CCCCCC[C@H]1[C@H](O)CC(Cl)[C@@H]1CCCc1ccc(C(=O)O)s1. The lowest BCUT2D eigenvalue weighted by molar-refractivity contribution is 0.0702. The molecule has 24 heavy (non-hydrogen) atoms. The number of rotatable bonds is 10. The van der Waals surface area contributed by atoms with Gasteiger partial charge in [0.25, 0.3) is 0 Å². The normalized spacial score (nSPS) is 26.8. The van der Waals surface area contributed by atoms with Crippen molar-refractivity contribution in [2.45, 2.75) is 76.2 Å². The van der Waals surface area contributed by atoms with Crippen LogP contribution >= 0.6 is 22.9 Å². The second kappa shape index (κ2) is 9.79. The van der Waals surface area contributed by atoms with Crippen molar-refractivity contribution in [3.8, 4) is 0 Å². The Hall–Kier alpha value is -0.580. The first-order chi connectivity index (χ1) is 11.5. The van der Waals surface area contributed by atoms with Crippen molar-refractivity contribution in [3.05, 3.63) is 21.9 Å². The first-order valence-electron chi connectivity index (χ1n) is 9.17. The smallest absolute Gasteiger partial charge is 0.345 e. The summed E-state index contributed by atoms with van der Waals surface area (Å²) in [7, 11) is 0. The molecule has 1 saturated carbocycles. The van der Waals surface area contributed by atoms with Gasteiger partial charge in [-0.3, -0.25) is 0 Å². The Morgan fingerprint density at radius 2 is 1.96 bits per heavy atom. The molecule has 0 aliphatic heterocycles. The molecule has 0 saturated heterocycles. The zero-order valence-corrected chi connectivity index (χ0v) is 16.0. The van der Waals surface area contributed by atoms with Gasteiger partial charge in [0.1, 0.15) is 4.88 Å². The van der Waals surface area contributed by atoms with Crippen molar-refractivity contribution < 1.29 is 15.0 Å². The van der Waals surface area contributed by atoms with Gasteiger partial charge in [-0.1, -0.05) is 32.6 Å². The lowest BCUT2D eigenvalue weighted by Gasteiger charge is -2.23. The van der Waals surface area contributed by atoms with E-state index in [2.05, 4.69) is 6.92 Å². The largest absolute Gasteiger partial charge is 0.477 e. The molecule has 2 N–H and O–H groups in total. The van der Waals surface area contributed by atoms with E-state index >= 15 is 0 Å². The second-order valence-electron chi connectivity index (χ2n) is 6.96. The van der Waals surface area contributed by atoms with E-state index in [1.165, 1.54) is 37.0 Å². The molecule has 1 heterocycles. The lowest BCUT2D eigenvalue weighted by atomic mass is 9.86. The number of unbranched alkanes of at least 4 members (excludes halogenated alkanes) is 3. The van der Waals surface area contributed by atoms with Gasteiger partial charge in [0.05, 0.1) is 6.10 Å². The maximum Gasteiger partial charge on any atom is 0.345 e. The quantitative estimate of drug-likeness (QED) is 0.430. The Kier molecular flexibility index (Phi) is 8.05. The van der Waals surface area contributed by atoms with E-state index in [9.17, 15) is 9.90 Å². The summed E-state index contributed by atoms with van der Waals surface area (Å²) >= 11 is 7.86. The Bertz CT molecular complexity index is 516. The first kappa shape index (κ1) is 19.7. The lowest BCUT2D eigenvalue weighted by Crippen LogP contribution is -2.21. The standard InChI is InChI=1S/C19H29ClO3S/c1-2-3-4-5-8-15-14(16(20)12-17(15)21)9-6-7-13-10-11-18(24-13)19(22)23/h10-11,14-17,21H,2-9,12H2,1H3,(H,22,23)/t14-,15-,16?,17-/m1/s1. The molecule has 1 aromatic rings. The molecule has 136 valence electrons. The van der Waals surface area contributed by atoms with Crippen LogP contribution in [0.4, 0.5) is 0 Å². The van der Waals surface area contributed by atoms with E-state index in [1.54, 1.807) is 6.07 Å². The van der Waals surface area contributed by atoms with Crippen LogP contribution in [0.15, 0.2) is 12.1 Å². The topological polar surface area (TPSA) is 57.5 Å². The maximum absolute atomic E-state index is 10.9. The number of thiophene rings is 1. The number of aromatic carboxylic acids is 1. The molecule has 1 unspecified atom stereocenters. The molecule has 1 fully saturated rings. The highest BCUT2D eigenvalue weighted by molar-refractivity contribution is 7.13. The number of hydrogen-bond acceptors (Lipinski definition) is 3. The van der Waals surface area contributed by atoms with Gasteiger partial charge >= 0.3 is 5.97 Å². The average Bonchev–Trinajstić information content (AvgIpc) is 3.10. The fourth-order valence-corrected chi connectivity index (χ4v) is 5.27. The fourth-order valence-electron chi connectivity index (χ4n) is 3.88. The molecule has 3 nitrogen and oxygen atoms in total. The summed E-state index contributed by atoms with van der Waals surface area (Å²) in [5.74, 6) is -0.123. The van der Waals surface area contributed by atoms with Gasteiger partial charge in [-0.05, 0) is 56.1 Å². The zero-order chi connectivity index (χ0) is 17.5. The molecule has 4 atom stereocenters. The molecule has 0 spiro atoms. The molecule has 0 radical (unpaired) electrons. The van der Waals surface area contributed by atoms with Crippen LogP contribution in [0.1, 0.15) is 72.8 Å². The number of halogens is 1. The van der Waals surface area contributed by atoms with Gasteiger partial charge < -0.3 is 10.2 Å². The third-order valence-corrected chi connectivity index (χ3v) is 6.83. The number of hydrogen-bond donors (Lipinski definition) is 2. The van der Waals surface area contributed by atoms with Gasteiger partial charge in [0.2, 0.25) is 0 Å². The highest BCUT2D eigenvalue weighted by atomic mass is 35.5. The van der Waals surface area contributed by atoms with Gasteiger partial charge in [0, 0.05) is 10.3 Å². The Morgan fingerprint density at radius 1 is 1.21 bits per heavy atom.